The molecule has 0 heterocycles. The smallest absolute Gasteiger partial charge is 0.133 e. The zero-order valence-corrected chi connectivity index (χ0v) is 13.7. The van der Waals surface area contributed by atoms with Gasteiger partial charge in [-0.3, -0.25) is 4.90 Å². The second-order valence-electron chi connectivity index (χ2n) is 4.68. The van der Waals surface area contributed by atoms with Crippen LogP contribution in [-0.4, -0.2) is 31.6 Å². The lowest BCUT2D eigenvalue weighted by molar-refractivity contribution is 0.202. The molecule has 19 heavy (non-hydrogen) atoms. The maximum Gasteiger partial charge on any atom is 0.133 e. The van der Waals surface area contributed by atoms with E-state index in [-0.39, 0.29) is 6.04 Å². The van der Waals surface area contributed by atoms with Crippen LogP contribution in [0.4, 0.5) is 0 Å². The van der Waals surface area contributed by atoms with Gasteiger partial charge in [-0.2, -0.15) is 0 Å². The fourth-order valence-electron chi connectivity index (χ4n) is 2.38. The zero-order valence-electron chi connectivity index (χ0n) is 12.2. The summed E-state index contributed by atoms with van der Waals surface area (Å²) >= 11 is 3.55. The van der Waals surface area contributed by atoms with E-state index in [9.17, 15) is 0 Å². The molecule has 1 aromatic carbocycles. The van der Waals surface area contributed by atoms with Crippen molar-refractivity contribution in [1.29, 1.82) is 0 Å². The molecule has 0 aliphatic carbocycles. The summed E-state index contributed by atoms with van der Waals surface area (Å²) in [6.45, 7) is 7.22. The normalized spacial score (nSPS) is 12.7. The molecule has 4 heteroatoms. The Kier molecular flexibility index (Phi) is 7.42. The molecule has 1 aromatic rings. The van der Waals surface area contributed by atoms with Crippen molar-refractivity contribution < 1.29 is 4.74 Å². The molecular weight excluding hydrogens is 304 g/mol. The van der Waals surface area contributed by atoms with Gasteiger partial charge in [0.15, 0.2) is 0 Å². The summed E-state index contributed by atoms with van der Waals surface area (Å²) in [5.41, 5.74) is 7.25. The third-order valence-electron chi connectivity index (χ3n) is 3.25. The summed E-state index contributed by atoms with van der Waals surface area (Å²) in [5.74, 6) is 0.858. The Morgan fingerprint density at radius 1 is 1.26 bits per heavy atom. The van der Waals surface area contributed by atoms with Crippen LogP contribution < -0.4 is 10.5 Å². The summed E-state index contributed by atoms with van der Waals surface area (Å²) in [6.07, 6.45) is 2.29. The van der Waals surface area contributed by atoms with E-state index in [1.807, 2.05) is 6.07 Å². The minimum absolute atomic E-state index is 0.280. The van der Waals surface area contributed by atoms with Crippen molar-refractivity contribution in [3.63, 3.8) is 0 Å². The number of ether oxygens (including phenoxy) is 1. The average molecular weight is 329 g/mol. The van der Waals surface area contributed by atoms with Crippen molar-refractivity contribution in [2.45, 2.75) is 32.7 Å². The maximum absolute atomic E-state index is 6.00. The van der Waals surface area contributed by atoms with Gasteiger partial charge in [-0.15, -0.1) is 0 Å². The van der Waals surface area contributed by atoms with Crippen LogP contribution in [0.1, 0.15) is 38.3 Å². The highest BCUT2D eigenvalue weighted by Crippen LogP contribution is 2.30. The first-order valence-electron chi connectivity index (χ1n) is 6.95. The summed E-state index contributed by atoms with van der Waals surface area (Å²) in [6, 6.07) is 6.51. The quantitative estimate of drug-likeness (QED) is 0.792. The summed E-state index contributed by atoms with van der Waals surface area (Å²) in [5, 5.41) is 0. The maximum atomic E-state index is 6.00. The fourth-order valence-corrected chi connectivity index (χ4v) is 2.94. The Balaban J connectivity index is 2.96. The van der Waals surface area contributed by atoms with E-state index in [1.54, 1.807) is 7.11 Å². The number of hydrogen-bond donors (Lipinski definition) is 1. The second-order valence-corrected chi connectivity index (χ2v) is 5.54. The van der Waals surface area contributed by atoms with Crippen LogP contribution >= 0.6 is 15.9 Å². The first-order chi connectivity index (χ1) is 9.17. The molecule has 1 unspecified atom stereocenters. The van der Waals surface area contributed by atoms with Crippen molar-refractivity contribution in [1.82, 2.24) is 4.90 Å². The highest BCUT2D eigenvalue weighted by molar-refractivity contribution is 9.10. The van der Waals surface area contributed by atoms with Crippen molar-refractivity contribution in [3.8, 4) is 5.75 Å². The average Bonchev–Trinajstić information content (AvgIpc) is 2.40. The van der Waals surface area contributed by atoms with Crippen LogP contribution in [0.15, 0.2) is 22.7 Å². The monoisotopic (exact) mass is 328 g/mol. The lowest BCUT2D eigenvalue weighted by Crippen LogP contribution is -2.35. The Labute approximate surface area is 125 Å². The molecule has 0 amide bonds. The highest BCUT2D eigenvalue weighted by Gasteiger charge is 2.18. The van der Waals surface area contributed by atoms with Gasteiger partial charge in [-0.25, -0.2) is 0 Å². The molecule has 1 rings (SSSR count). The van der Waals surface area contributed by atoms with Crippen LogP contribution in [0.5, 0.6) is 5.75 Å². The van der Waals surface area contributed by atoms with Crippen LogP contribution in [0.3, 0.4) is 0 Å². The van der Waals surface area contributed by atoms with Crippen molar-refractivity contribution in [2.24, 2.45) is 5.73 Å². The second kappa shape index (κ2) is 8.56. The Morgan fingerprint density at radius 2 is 1.89 bits per heavy atom. The van der Waals surface area contributed by atoms with Crippen LogP contribution in [0.2, 0.25) is 0 Å². The number of nitrogens with zero attached hydrogens (tertiary/aromatic N) is 1. The molecule has 0 fully saturated rings. The number of nitrogens with two attached hydrogens (primary N) is 1. The molecule has 0 spiro atoms. The van der Waals surface area contributed by atoms with E-state index in [4.69, 9.17) is 10.5 Å². The molecule has 0 aliphatic rings. The van der Waals surface area contributed by atoms with Gasteiger partial charge in [0.05, 0.1) is 11.6 Å². The molecule has 108 valence electrons. The van der Waals surface area contributed by atoms with Gasteiger partial charge in [-0.1, -0.05) is 19.9 Å². The van der Waals surface area contributed by atoms with Gasteiger partial charge in [0.1, 0.15) is 5.75 Å². The SMILES string of the molecule is CCCN(CCC)C(CN)c1ccc(OC)c(Br)c1. The standard InChI is InChI=1S/C15H25BrN2O/c1-4-8-18(9-5-2)14(11-17)12-6-7-15(19-3)13(16)10-12/h6-7,10,14H,4-5,8-9,11,17H2,1-3H3. The van der Waals surface area contributed by atoms with Gasteiger partial charge >= 0.3 is 0 Å². The minimum atomic E-state index is 0.280. The third-order valence-corrected chi connectivity index (χ3v) is 3.87. The molecule has 3 nitrogen and oxygen atoms in total. The van der Waals surface area contributed by atoms with Gasteiger partial charge in [0.25, 0.3) is 0 Å². The van der Waals surface area contributed by atoms with Crippen molar-refractivity contribution >= 4 is 15.9 Å². The predicted octanol–water partition coefficient (Wildman–Crippen LogP) is 3.58. The molecule has 2 N–H and O–H groups in total. The van der Waals surface area contributed by atoms with Crippen LogP contribution in [-0.2, 0) is 0 Å². The van der Waals surface area contributed by atoms with Crippen LogP contribution in [0.25, 0.3) is 0 Å². The highest BCUT2D eigenvalue weighted by atomic mass is 79.9. The number of halogens is 1. The van der Waals surface area contributed by atoms with Crippen molar-refractivity contribution in [2.75, 3.05) is 26.7 Å². The molecule has 0 saturated heterocycles. The zero-order chi connectivity index (χ0) is 14.3. The molecule has 0 radical (unpaired) electrons. The van der Waals surface area contributed by atoms with E-state index in [0.29, 0.717) is 6.54 Å². The number of methoxy groups -OCH3 is 1. The Hall–Kier alpha value is -0.580. The molecule has 1 atom stereocenters. The van der Waals surface area contributed by atoms with Crippen molar-refractivity contribution in [3.05, 3.63) is 28.2 Å². The summed E-state index contributed by atoms with van der Waals surface area (Å²) in [4.78, 5) is 2.47. The first-order valence-corrected chi connectivity index (χ1v) is 7.74. The fraction of sp³-hybridized carbons (Fsp3) is 0.600. The minimum Gasteiger partial charge on any atom is -0.496 e. The van der Waals surface area contributed by atoms with E-state index in [2.05, 4.69) is 46.8 Å². The van der Waals surface area contributed by atoms with Crippen LogP contribution in [0, 0.1) is 0 Å². The predicted molar refractivity (Wildman–Crippen MR) is 84.6 cm³/mol. The van der Waals surface area contributed by atoms with Gasteiger partial charge in [0, 0.05) is 12.6 Å². The first kappa shape index (κ1) is 16.5. The molecule has 0 saturated carbocycles. The third kappa shape index (κ3) is 4.48. The van der Waals surface area contributed by atoms with Gasteiger partial charge in [0.2, 0.25) is 0 Å². The lowest BCUT2D eigenvalue weighted by atomic mass is 10.0. The van der Waals surface area contributed by atoms with E-state index >= 15 is 0 Å². The van der Waals surface area contributed by atoms with E-state index in [0.717, 1.165) is 36.2 Å². The lowest BCUT2D eigenvalue weighted by Gasteiger charge is -2.31. The number of benzene rings is 1. The Bertz CT molecular complexity index is 378. The summed E-state index contributed by atoms with van der Waals surface area (Å²) in [7, 11) is 1.68. The van der Waals surface area contributed by atoms with E-state index in [1.165, 1.54) is 5.56 Å². The molecular formula is C15H25BrN2O. The molecule has 0 aromatic heterocycles. The topological polar surface area (TPSA) is 38.5 Å². The van der Waals surface area contributed by atoms with Gasteiger partial charge < -0.3 is 10.5 Å². The van der Waals surface area contributed by atoms with E-state index < -0.39 is 0 Å². The number of rotatable bonds is 8. The molecule has 0 aliphatic heterocycles. The largest absolute Gasteiger partial charge is 0.496 e. The van der Waals surface area contributed by atoms with Gasteiger partial charge in [-0.05, 0) is 59.6 Å². The summed E-state index contributed by atoms with van der Waals surface area (Å²) < 4.78 is 6.26. The number of hydrogen-bond acceptors (Lipinski definition) is 3. The Morgan fingerprint density at radius 3 is 2.32 bits per heavy atom. The molecule has 0 bridgehead atoms.